The molecule has 2 aliphatic rings. The van der Waals surface area contributed by atoms with Gasteiger partial charge in [0, 0.05) is 6.42 Å². The van der Waals surface area contributed by atoms with Gasteiger partial charge in [0.1, 0.15) is 5.76 Å². The smallest absolute Gasteiger partial charge is 0.103 e. The maximum Gasteiger partial charge on any atom is 0.103 e. The highest BCUT2D eigenvalue weighted by Crippen LogP contribution is 2.50. The predicted octanol–water partition coefficient (Wildman–Crippen LogP) is 3.32. The average molecular weight is 174 g/mol. The Morgan fingerprint density at radius 2 is 2.31 bits per heavy atom. The molecule has 2 aliphatic carbocycles. The third kappa shape index (κ3) is 1.55. The lowest BCUT2D eigenvalue weighted by molar-refractivity contribution is 0.496. The second-order valence-electron chi connectivity index (χ2n) is 4.15. The second-order valence-corrected chi connectivity index (χ2v) is 4.15. The van der Waals surface area contributed by atoms with Crippen LogP contribution in [0.5, 0.6) is 0 Å². The predicted molar refractivity (Wildman–Crippen MR) is 51.4 cm³/mol. The molecule has 0 radical (unpaired) electrons. The Hall–Kier alpha value is -0.980. The lowest BCUT2D eigenvalue weighted by atomic mass is 10.2. The van der Waals surface area contributed by atoms with Gasteiger partial charge in [-0.2, -0.15) is 0 Å². The van der Waals surface area contributed by atoms with Gasteiger partial charge in [-0.1, -0.05) is 11.1 Å². The summed E-state index contributed by atoms with van der Waals surface area (Å²) in [5.41, 5.74) is 3.55. The summed E-state index contributed by atoms with van der Waals surface area (Å²) in [5.74, 6) is 2.06. The van der Waals surface area contributed by atoms with Crippen molar-refractivity contribution in [3.8, 4) is 0 Å². The van der Waals surface area contributed by atoms with Gasteiger partial charge in [0.2, 0.25) is 0 Å². The maximum absolute atomic E-state index is 5.31. The van der Waals surface area contributed by atoms with E-state index >= 15 is 0 Å². The van der Waals surface area contributed by atoms with E-state index in [-0.39, 0.29) is 0 Å². The fourth-order valence-corrected chi connectivity index (χ4v) is 2.07. The van der Waals surface area contributed by atoms with Gasteiger partial charge in [-0.3, -0.25) is 0 Å². The molecule has 13 heavy (non-hydrogen) atoms. The van der Waals surface area contributed by atoms with Crippen molar-refractivity contribution in [2.24, 2.45) is 5.92 Å². The molecule has 1 aromatic heterocycles. The van der Waals surface area contributed by atoms with E-state index in [1.54, 1.807) is 17.4 Å². The van der Waals surface area contributed by atoms with Crippen molar-refractivity contribution in [3.05, 3.63) is 35.3 Å². The molecule has 1 nitrogen and oxygen atoms in total. The van der Waals surface area contributed by atoms with Crippen molar-refractivity contribution in [2.45, 2.75) is 32.1 Å². The number of allylic oxidation sites excluding steroid dienone is 2. The highest BCUT2D eigenvalue weighted by atomic mass is 16.3. The summed E-state index contributed by atoms with van der Waals surface area (Å²) in [7, 11) is 0. The van der Waals surface area contributed by atoms with Crippen molar-refractivity contribution < 1.29 is 4.42 Å². The number of hydrogen-bond donors (Lipinski definition) is 0. The first-order valence-corrected chi connectivity index (χ1v) is 5.16. The molecule has 0 aromatic carbocycles. The second kappa shape index (κ2) is 2.76. The minimum Gasteiger partial charge on any atom is -0.469 e. The van der Waals surface area contributed by atoms with E-state index in [1.165, 1.54) is 25.7 Å². The van der Waals surface area contributed by atoms with Crippen molar-refractivity contribution in [1.29, 1.82) is 0 Å². The summed E-state index contributed by atoms with van der Waals surface area (Å²) in [4.78, 5) is 0. The molecule has 1 atom stereocenters. The van der Waals surface area contributed by atoms with Gasteiger partial charge in [-0.25, -0.2) is 0 Å². The van der Waals surface area contributed by atoms with E-state index in [4.69, 9.17) is 4.42 Å². The Morgan fingerprint density at radius 3 is 3.00 bits per heavy atom. The molecular weight excluding hydrogens is 160 g/mol. The summed E-state index contributed by atoms with van der Waals surface area (Å²) in [6.45, 7) is 0. The van der Waals surface area contributed by atoms with Crippen LogP contribution in [0.15, 0.2) is 34.0 Å². The van der Waals surface area contributed by atoms with Crippen LogP contribution in [0, 0.1) is 5.92 Å². The lowest BCUT2D eigenvalue weighted by Crippen LogP contribution is -1.83. The van der Waals surface area contributed by atoms with Gasteiger partial charge in [0.05, 0.1) is 6.26 Å². The minimum atomic E-state index is 0.919. The SMILES string of the molecule is c1coc(CCC2CC2=C2CC2)c1. The van der Waals surface area contributed by atoms with Crippen LogP contribution in [0.1, 0.15) is 31.4 Å². The Balaban J connectivity index is 1.53. The highest BCUT2D eigenvalue weighted by molar-refractivity contribution is 5.36. The molecule has 1 heteroatoms. The van der Waals surface area contributed by atoms with Crippen molar-refractivity contribution in [3.63, 3.8) is 0 Å². The Kier molecular flexibility index (Phi) is 1.58. The average Bonchev–Trinajstić information content (AvgIpc) is 3.01. The molecule has 1 aromatic rings. The first-order valence-electron chi connectivity index (χ1n) is 5.16. The van der Waals surface area contributed by atoms with Crippen LogP contribution in [0.3, 0.4) is 0 Å². The zero-order chi connectivity index (χ0) is 8.67. The number of hydrogen-bond acceptors (Lipinski definition) is 1. The number of rotatable bonds is 3. The fraction of sp³-hybridized carbons (Fsp3) is 0.500. The highest BCUT2D eigenvalue weighted by Gasteiger charge is 2.35. The van der Waals surface area contributed by atoms with Crippen molar-refractivity contribution >= 4 is 0 Å². The van der Waals surface area contributed by atoms with Crippen LogP contribution < -0.4 is 0 Å². The summed E-state index contributed by atoms with van der Waals surface area (Å²) in [6.07, 6.45) is 8.36. The monoisotopic (exact) mass is 174 g/mol. The number of aryl methyl sites for hydroxylation is 1. The third-order valence-corrected chi connectivity index (χ3v) is 3.07. The van der Waals surface area contributed by atoms with E-state index in [0.717, 1.165) is 18.1 Å². The molecule has 0 saturated heterocycles. The van der Waals surface area contributed by atoms with Gasteiger partial charge >= 0.3 is 0 Å². The van der Waals surface area contributed by atoms with Crippen LogP contribution in [-0.2, 0) is 6.42 Å². The Bertz CT molecular complexity index is 326. The summed E-state index contributed by atoms with van der Waals surface area (Å²) < 4.78 is 5.31. The molecule has 0 aliphatic heterocycles. The van der Waals surface area contributed by atoms with Crippen LogP contribution in [0.2, 0.25) is 0 Å². The largest absolute Gasteiger partial charge is 0.469 e. The summed E-state index contributed by atoms with van der Waals surface area (Å²) in [6, 6.07) is 4.05. The van der Waals surface area contributed by atoms with Crippen LogP contribution in [0.4, 0.5) is 0 Å². The quantitative estimate of drug-likeness (QED) is 0.641. The lowest BCUT2D eigenvalue weighted by Gasteiger charge is -1.92. The van der Waals surface area contributed by atoms with Gasteiger partial charge in [0.15, 0.2) is 0 Å². The van der Waals surface area contributed by atoms with Gasteiger partial charge in [-0.05, 0) is 43.7 Å². The zero-order valence-corrected chi connectivity index (χ0v) is 7.75. The van der Waals surface area contributed by atoms with E-state index in [2.05, 4.69) is 6.07 Å². The molecule has 0 bridgehead atoms. The Labute approximate surface area is 78.4 Å². The third-order valence-electron chi connectivity index (χ3n) is 3.07. The van der Waals surface area contributed by atoms with E-state index in [0.29, 0.717) is 0 Å². The van der Waals surface area contributed by atoms with Crippen LogP contribution in [-0.4, -0.2) is 0 Å². The van der Waals surface area contributed by atoms with E-state index in [9.17, 15) is 0 Å². The topological polar surface area (TPSA) is 13.1 Å². The molecular formula is C12H14O. The molecule has 1 unspecified atom stereocenters. The minimum absolute atomic E-state index is 0.919. The number of furan rings is 1. The first-order chi connectivity index (χ1) is 6.43. The first kappa shape index (κ1) is 7.43. The van der Waals surface area contributed by atoms with Gasteiger partial charge in [-0.15, -0.1) is 0 Å². The van der Waals surface area contributed by atoms with Crippen LogP contribution in [0.25, 0.3) is 0 Å². The molecule has 0 spiro atoms. The summed E-state index contributed by atoms with van der Waals surface area (Å²) >= 11 is 0. The van der Waals surface area contributed by atoms with E-state index in [1.807, 2.05) is 6.07 Å². The normalized spacial score (nSPS) is 25.1. The zero-order valence-electron chi connectivity index (χ0n) is 7.75. The molecule has 2 saturated carbocycles. The standard InChI is InChI=1S/C12H14O/c1-2-11(13-7-1)6-5-10-8-12(10)9-3-4-9/h1-2,7,10H,3-6,8H2. The van der Waals surface area contributed by atoms with Crippen molar-refractivity contribution in [1.82, 2.24) is 0 Å². The molecule has 0 N–H and O–H groups in total. The van der Waals surface area contributed by atoms with Gasteiger partial charge < -0.3 is 4.42 Å². The molecule has 0 amide bonds. The maximum atomic E-state index is 5.31. The summed E-state index contributed by atoms with van der Waals surface area (Å²) in [5, 5.41) is 0. The van der Waals surface area contributed by atoms with Crippen molar-refractivity contribution in [2.75, 3.05) is 0 Å². The molecule has 68 valence electrons. The van der Waals surface area contributed by atoms with Gasteiger partial charge in [0.25, 0.3) is 0 Å². The molecule has 2 fully saturated rings. The van der Waals surface area contributed by atoms with Crippen LogP contribution >= 0.6 is 0 Å². The fourth-order valence-electron chi connectivity index (χ4n) is 2.07. The van der Waals surface area contributed by atoms with E-state index < -0.39 is 0 Å². The molecule has 3 rings (SSSR count). The molecule has 1 heterocycles. The Morgan fingerprint density at radius 1 is 1.38 bits per heavy atom.